The molecule has 0 aliphatic carbocycles. The van der Waals surface area contributed by atoms with Gasteiger partial charge < -0.3 is 16.0 Å². The minimum Gasteiger partial charge on any atom is -0.403 e. The standard InChI is InChI=1S/C13H15F2N3/c14-11-3-10(4-12(15)5-11)9-1-2-18(8-9)13(6-16)7-17/h3-7,9,16H,1-2,8,17H2/b13-7+,16-6?. The van der Waals surface area contributed by atoms with Crippen LogP contribution in [0.15, 0.2) is 30.1 Å². The maximum Gasteiger partial charge on any atom is 0.126 e. The highest BCUT2D eigenvalue weighted by atomic mass is 19.1. The van der Waals surface area contributed by atoms with Gasteiger partial charge in [0, 0.05) is 37.5 Å². The Kier molecular flexibility index (Phi) is 3.60. The summed E-state index contributed by atoms with van der Waals surface area (Å²) in [4.78, 5) is 1.94. The molecule has 1 aromatic rings. The first kappa shape index (κ1) is 12.5. The third kappa shape index (κ3) is 2.50. The molecule has 96 valence electrons. The van der Waals surface area contributed by atoms with E-state index in [4.69, 9.17) is 11.1 Å². The zero-order chi connectivity index (χ0) is 13.1. The minimum atomic E-state index is -0.551. The van der Waals surface area contributed by atoms with Crippen molar-refractivity contribution in [2.75, 3.05) is 13.1 Å². The summed E-state index contributed by atoms with van der Waals surface area (Å²) in [6, 6.07) is 3.61. The first-order valence-corrected chi connectivity index (χ1v) is 5.77. The molecule has 1 atom stereocenters. The summed E-state index contributed by atoms with van der Waals surface area (Å²) in [5.74, 6) is -1.03. The molecule has 3 nitrogen and oxygen atoms in total. The predicted molar refractivity (Wildman–Crippen MR) is 66.3 cm³/mol. The van der Waals surface area contributed by atoms with Gasteiger partial charge in [-0.15, -0.1) is 0 Å². The highest BCUT2D eigenvalue weighted by Crippen LogP contribution is 2.29. The number of allylic oxidation sites excluding steroid dienone is 1. The summed E-state index contributed by atoms with van der Waals surface area (Å²) in [5.41, 5.74) is 6.72. The van der Waals surface area contributed by atoms with Gasteiger partial charge in [-0.25, -0.2) is 8.78 Å². The molecule has 2 rings (SSSR count). The van der Waals surface area contributed by atoms with Gasteiger partial charge >= 0.3 is 0 Å². The van der Waals surface area contributed by atoms with Crippen molar-refractivity contribution in [2.24, 2.45) is 5.73 Å². The number of nitrogens with zero attached hydrogens (tertiary/aromatic N) is 1. The molecule has 0 spiro atoms. The van der Waals surface area contributed by atoms with Gasteiger partial charge in [-0.05, 0) is 24.1 Å². The molecule has 1 fully saturated rings. The average Bonchev–Trinajstić information content (AvgIpc) is 2.79. The molecule has 1 unspecified atom stereocenters. The maximum absolute atomic E-state index is 13.1. The van der Waals surface area contributed by atoms with Crippen LogP contribution in [0.1, 0.15) is 17.9 Å². The Morgan fingerprint density at radius 3 is 2.56 bits per heavy atom. The number of hydrogen-bond donors (Lipinski definition) is 2. The van der Waals surface area contributed by atoms with E-state index in [0.717, 1.165) is 19.0 Å². The number of hydrogen-bond acceptors (Lipinski definition) is 3. The highest BCUT2D eigenvalue weighted by molar-refractivity contribution is 5.74. The molecule has 1 saturated heterocycles. The van der Waals surface area contributed by atoms with Crippen LogP contribution in [0.5, 0.6) is 0 Å². The third-order valence-corrected chi connectivity index (χ3v) is 3.23. The second kappa shape index (κ2) is 5.16. The Labute approximate surface area is 104 Å². The quantitative estimate of drug-likeness (QED) is 0.809. The van der Waals surface area contributed by atoms with Crippen LogP contribution in [0.4, 0.5) is 8.78 Å². The fourth-order valence-electron chi connectivity index (χ4n) is 2.32. The molecule has 18 heavy (non-hydrogen) atoms. The fraction of sp³-hybridized carbons (Fsp3) is 0.308. The van der Waals surface area contributed by atoms with Crippen molar-refractivity contribution in [2.45, 2.75) is 12.3 Å². The van der Waals surface area contributed by atoms with E-state index < -0.39 is 11.6 Å². The normalized spacial score (nSPS) is 20.2. The van der Waals surface area contributed by atoms with E-state index in [-0.39, 0.29) is 5.92 Å². The van der Waals surface area contributed by atoms with Crippen LogP contribution >= 0.6 is 0 Å². The maximum atomic E-state index is 13.1. The van der Waals surface area contributed by atoms with Gasteiger partial charge in [0.25, 0.3) is 0 Å². The van der Waals surface area contributed by atoms with Gasteiger partial charge in [0.15, 0.2) is 0 Å². The lowest BCUT2D eigenvalue weighted by molar-refractivity contribution is 0.441. The molecule has 5 heteroatoms. The third-order valence-electron chi connectivity index (χ3n) is 3.23. The molecule has 1 aromatic carbocycles. The molecule has 3 N–H and O–H groups in total. The smallest absolute Gasteiger partial charge is 0.126 e. The summed E-state index contributed by atoms with van der Waals surface area (Å²) < 4.78 is 26.3. The lowest BCUT2D eigenvalue weighted by atomic mass is 9.98. The lowest BCUT2D eigenvalue weighted by Gasteiger charge is -2.18. The molecule has 1 aliphatic rings. The van der Waals surface area contributed by atoms with Gasteiger partial charge in [0.05, 0.1) is 5.70 Å². The van der Waals surface area contributed by atoms with Crippen LogP contribution < -0.4 is 5.73 Å². The van der Waals surface area contributed by atoms with Gasteiger partial charge in [-0.3, -0.25) is 0 Å². The topological polar surface area (TPSA) is 53.1 Å². The Bertz CT molecular complexity index is 465. The highest BCUT2D eigenvalue weighted by Gasteiger charge is 2.25. The zero-order valence-electron chi connectivity index (χ0n) is 9.87. The number of benzene rings is 1. The van der Waals surface area contributed by atoms with E-state index in [2.05, 4.69) is 0 Å². The first-order valence-electron chi connectivity index (χ1n) is 5.77. The van der Waals surface area contributed by atoms with E-state index in [1.807, 2.05) is 4.90 Å². The summed E-state index contributed by atoms with van der Waals surface area (Å²) in [6.07, 6.45) is 3.37. The molecule has 0 bridgehead atoms. The van der Waals surface area contributed by atoms with Crippen molar-refractivity contribution < 1.29 is 8.78 Å². The summed E-state index contributed by atoms with van der Waals surface area (Å²) in [6.45, 7) is 1.36. The average molecular weight is 251 g/mol. The van der Waals surface area contributed by atoms with Gasteiger partial charge in [-0.1, -0.05) is 0 Å². The second-order valence-electron chi connectivity index (χ2n) is 4.37. The van der Waals surface area contributed by atoms with Crippen LogP contribution in [0.3, 0.4) is 0 Å². The molecule has 1 heterocycles. The Morgan fingerprint density at radius 1 is 1.33 bits per heavy atom. The first-order chi connectivity index (χ1) is 8.63. The number of likely N-dealkylation sites (tertiary alicyclic amines) is 1. The molecule has 0 aromatic heterocycles. The summed E-state index contributed by atoms with van der Waals surface area (Å²) in [5, 5.41) is 7.23. The van der Waals surface area contributed by atoms with E-state index in [1.165, 1.54) is 24.5 Å². The second-order valence-corrected chi connectivity index (χ2v) is 4.37. The number of nitrogens with one attached hydrogen (secondary N) is 1. The monoisotopic (exact) mass is 251 g/mol. The van der Waals surface area contributed by atoms with Crippen molar-refractivity contribution in [3.05, 3.63) is 47.3 Å². The largest absolute Gasteiger partial charge is 0.403 e. The van der Waals surface area contributed by atoms with Crippen molar-refractivity contribution in [1.82, 2.24) is 4.90 Å². The Hall–Kier alpha value is -1.91. The van der Waals surface area contributed by atoms with Gasteiger partial charge in [-0.2, -0.15) is 0 Å². The number of halogens is 2. The molecule has 0 amide bonds. The van der Waals surface area contributed by atoms with Gasteiger partial charge in [0.1, 0.15) is 11.6 Å². The van der Waals surface area contributed by atoms with Crippen LogP contribution in [0, 0.1) is 17.0 Å². The van der Waals surface area contributed by atoms with Crippen molar-refractivity contribution in [3.63, 3.8) is 0 Å². The van der Waals surface area contributed by atoms with Crippen LogP contribution in [0.25, 0.3) is 0 Å². The predicted octanol–water partition coefficient (Wildman–Crippen LogP) is 2.20. The van der Waals surface area contributed by atoms with Crippen molar-refractivity contribution >= 4 is 6.21 Å². The molecule has 0 radical (unpaired) electrons. The van der Waals surface area contributed by atoms with Gasteiger partial charge in [0.2, 0.25) is 0 Å². The number of nitrogens with two attached hydrogens (primary N) is 1. The molecule has 0 saturated carbocycles. The minimum absolute atomic E-state index is 0.0742. The zero-order valence-corrected chi connectivity index (χ0v) is 9.87. The summed E-state index contributed by atoms with van der Waals surface area (Å²) >= 11 is 0. The molecule has 1 aliphatic heterocycles. The van der Waals surface area contributed by atoms with Crippen LogP contribution in [0.2, 0.25) is 0 Å². The van der Waals surface area contributed by atoms with Crippen LogP contribution in [-0.2, 0) is 0 Å². The summed E-state index contributed by atoms with van der Waals surface area (Å²) in [7, 11) is 0. The Balaban J connectivity index is 2.15. The van der Waals surface area contributed by atoms with Crippen molar-refractivity contribution in [1.29, 1.82) is 5.41 Å². The molecular formula is C13H15F2N3. The van der Waals surface area contributed by atoms with Crippen molar-refractivity contribution in [3.8, 4) is 0 Å². The van der Waals surface area contributed by atoms with E-state index in [1.54, 1.807) is 0 Å². The fourth-order valence-corrected chi connectivity index (χ4v) is 2.32. The SMILES string of the molecule is N=C/C(=C\N)N1CCC(c2cc(F)cc(F)c2)C1. The molecular weight excluding hydrogens is 236 g/mol. The van der Waals surface area contributed by atoms with Crippen LogP contribution in [-0.4, -0.2) is 24.2 Å². The van der Waals surface area contributed by atoms with E-state index >= 15 is 0 Å². The number of rotatable bonds is 3. The Morgan fingerprint density at radius 2 is 2.00 bits per heavy atom. The van der Waals surface area contributed by atoms with E-state index in [9.17, 15) is 8.78 Å². The lowest BCUT2D eigenvalue weighted by Crippen LogP contribution is -2.21. The van der Waals surface area contributed by atoms with E-state index in [0.29, 0.717) is 17.8 Å².